The molecule has 0 aromatic carbocycles. The first-order valence-corrected chi connectivity index (χ1v) is 7.44. The van der Waals surface area contributed by atoms with E-state index in [-0.39, 0.29) is 35.4 Å². The quantitative estimate of drug-likeness (QED) is 0.616. The highest BCUT2D eigenvalue weighted by atomic mass is 16.6. The minimum Gasteiger partial charge on any atom is -0.457 e. The zero-order valence-corrected chi connectivity index (χ0v) is 12.1. The number of hydrogen-bond donors (Lipinski definition) is 1. The number of carbonyl (C=O) groups is 1. The van der Waals surface area contributed by atoms with E-state index in [9.17, 15) is 9.90 Å². The molecule has 1 heterocycles. The third kappa shape index (κ3) is 1.57. The molecule has 1 saturated heterocycles. The number of aliphatic hydroxyl groups excluding tert-OH is 1. The van der Waals surface area contributed by atoms with Crippen molar-refractivity contribution in [3.63, 3.8) is 0 Å². The summed E-state index contributed by atoms with van der Waals surface area (Å²) >= 11 is 0. The van der Waals surface area contributed by atoms with Gasteiger partial charge in [0.15, 0.2) is 0 Å². The molecule has 2 aliphatic carbocycles. The number of hydrogen-bond acceptors (Lipinski definition) is 3. The van der Waals surface area contributed by atoms with Gasteiger partial charge in [-0.2, -0.15) is 0 Å². The molecular weight excluding hydrogens is 240 g/mol. The van der Waals surface area contributed by atoms with Gasteiger partial charge in [0.1, 0.15) is 6.10 Å². The van der Waals surface area contributed by atoms with E-state index in [4.69, 9.17) is 4.74 Å². The van der Waals surface area contributed by atoms with Crippen LogP contribution in [0, 0.1) is 22.7 Å². The molecule has 0 aromatic rings. The van der Waals surface area contributed by atoms with Gasteiger partial charge in [0.05, 0.1) is 5.41 Å². The first-order valence-electron chi connectivity index (χ1n) is 7.44. The van der Waals surface area contributed by atoms with Crippen LogP contribution in [0.3, 0.4) is 0 Å². The molecule has 2 fully saturated rings. The molecule has 3 aliphatic rings. The van der Waals surface area contributed by atoms with Crippen LogP contribution >= 0.6 is 0 Å². The Hall–Kier alpha value is -0.830. The second-order valence-electron chi connectivity index (χ2n) is 7.10. The Kier molecular flexibility index (Phi) is 2.83. The average molecular weight is 264 g/mol. The predicted octanol–water partition coefficient (Wildman–Crippen LogP) is 2.68. The van der Waals surface area contributed by atoms with Crippen molar-refractivity contribution in [2.24, 2.45) is 22.7 Å². The normalized spacial score (nSPS) is 48.5. The molecule has 0 spiro atoms. The Morgan fingerprint density at radius 1 is 1.42 bits per heavy atom. The Morgan fingerprint density at radius 2 is 2.16 bits per heavy atom. The van der Waals surface area contributed by atoms with Crippen LogP contribution in [0.2, 0.25) is 0 Å². The van der Waals surface area contributed by atoms with E-state index in [1.807, 2.05) is 0 Å². The SMILES string of the molecule is CC1=CC2OC(=O)[C@@]3(C)CCC[C@@](C)([C@@H]23)[C@H]1CCO. The van der Waals surface area contributed by atoms with Crippen LogP contribution in [0.5, 0.6) is 0 Å². The largest absolute Gasteiger partial charge is 0.457 e. The van der Waals surface area contributed by atoms with E-state index >= 15 is 0 Å². The maximum atomic E-state index is 12.3. The van der Waals surface area contributed by atoms with Crippen LogP contribution in [0.15, 0.2) is 11.6 Å². The minimum absolute atomic E-state index is 0.0119. The van der Waals surface area contributed by atoms with Crippen LogP contribution in [0.4, 0.5) is 0 Å². The van der Waals surface area contributed by atoms with E-state index in [1.54, 1.807) is 0 Å². The van der Waals surface area contributed by atoms with Gasteiger partial charge in [-0.15, -0.1) is 0 Å². The second kappa shape index (κ2) is 4.08. The highest BCUT2D eigenvalue weighted by Gasteiger charge is 2.65. The monoisotopic (exact) mass is 264 g/mol. The van der Waals surface area contributed by atoms with Crippen LogP contribution in [-0.4, -0.2) is 23.8 Å². The Balaban J connectivity index is 2.09. The van der Waals surface area contributed by atoms with Gasteiger partial charge in [0.25, 0.3) is 0 Å². The molecule has 106 valence electrons. The van der Waals surface area contributed by atoms with Gasteiger partial charge in [-0.3, -0.25) is 4.79 Å². The third-order valence-electron chi connectivity index (χ3n) is 6.04. The first-order chi connectivity index (χ1) is 8.93. The van der Waals surface area contributed by atoms with Crippen molar-refractivity contribution in [2.45, 2.75) is 52.6 Å². The summed E-state index contributed by atoms with van der Waals surface area (Å²) in [6, 6.07) is 0. The van der Waals surface area contributed by atoms with Crippen molar-refractivity contribution in [3.8, 4) is 0 Å². The lowest BCUT2D eigenvalue weighted by atomic mass is 9.48. The van der Waals surface area contributed by atoms with Crippen molar-refractivity contribution in [1.29, 1.82) is 0 Å². The molecule has 0 radical (unpaired) electrons. The molecular formula is C16H24O3. The topological polar surface area (TPSA) is 46.5 Å². The smallest absolute Gasteiger partial charge is 0.312 e. The summed E-state index contributed by atoms with van der Waals surface area (Å²) in [5, 5.41) is 9.38. The maximum absolute atomic E-state index is 12.3. The number of rotatable bonds is 2. The summed E-state index contributed by atoms with van der Waals surface area (Å²) in [5.41, 5.74) is 1.06. The summed E-state index contributed by atoms with van der Waals surface area (Å²) in [6.07, 6.45) is 6.06. The molecule has 0 bridgehead atoms. The van der Waals surface area contributed by atoms with Crippen molar-refractivity contribution < 1.29 is 14.6 Å². The molecule has 1 aliphatic heterocycles. The van der Waals surface area contributed by atoms with Crippen LogP contribution < -0.4 is 0 Å². The van der Waals surface area contributed by atoms with Crippen molar-refractivity contribution in [2.75, 3.05) is 6.61 Å². The number of carbonyl (C=O) groups excluding carboxylic acids is 1. The van der Waals surface area contributed by atoms with Crippen LogP contribution in [0.25, 0.3) is 0 Å². The molecule has 19 heavy (non-hydrogen) atoms. The lowest BCUT2D eigenvalue weighted by Crippen LogP contribution is -2.52. The van der Waals surface area contributed by atoms with Gasteiger partial charge >= 0.3 is 5.97 Å². The van der Waals surface area contributed by atoms with E-state index in [1.165, 1.54) is 5.57 Å². The van der Waals surface area contributed by atoms with Crippen molar-refractivity contribution in [1.82, 2.24) is 0 Å². The van der Waals surface area contributed by atoms with Crippen LogP contribution in [0.1, 0.15) is 46.5 Å². The number of ether oxygens (including phenoxy) is 1. The van der Waals surface area contributed by atoms with Gasteiger partial charge in [-0.1, -0.05) is 18.9 Å². The molecule has 1 saturated carbocycles. The minimum atomic E-state index is -0.317. The molecule has 3 rings (SSSR count). The summed E-state index contributed by atoms with van der Waals surface area (Å²) in [4.78, 5) is 12.3. The number of aliphatic hydroxyl groups is 1. The molecule has 0 aromatic heterocycles. The van der Waals surface area contributed by atoms with Gasteiger partial charge in [0, 0.05) is 12.5 Å². The summed E-state index contributed by atoms with van der Waals surface area (Å²) in [7, 11) is 0. The van der Waals surface area contributed by atoms with E-state index < -0.39 is 0 Å². The fraction of sp³-hybridized carbons (Fsp3) is 0.812. The third-order valence-corrected chi connectivity index (χ3v) is 6.04. The highest BCUT2D eigenvalue weighted by Crippen LogP contribution is 2.63. The van der Waals surface area contributed by atoms with Crippen molar-refractivity contribution in [3.05, 3.63) is 11.6 Å². The maximum Gasteiger partial charge on any atom is 0.312 e. The fourth-order valence-corrected chi connectivity index (χ4v) is 5.27. The van der Waals surface area contributed by atoms with E-state index in [0.717, 1.165) is 25.7 Å². The van der Waals surface area contributed by atoms with Gasteiger partial charge in [0.2, 0.25) is 0 Å². The lowest BCUT2D eigenvalue weighted by Gasteiger charge is -2.54. The average Bonchev–Trinajstić information content (AvgIpc) is 2.58. The van der Waals surface area contributed by atoms with Gasteiger partial charge in [-0.05, 0) is 50.5 Å². The summed E-state index contributed by atoms with van der Waals surface area (Å²) in [6.45, 7) is 6.73. The molecule has 1 N–H and O–H groups in total. The van der Waals surface area contributed by atoms with E-state index in [0.29, 0.717) is 5.92 Å². The number of esters is 1. The van der Waals surface area contributed by atoms with Crippen molar-refractivity contribution >= 4 is 5.97 Å². The molecule has 0 amide bonds. The number of allylic oxidation sites excluding steroid dienone is 1. The Labute approximate surface area is 115 Å². The zero-order chi connectivity index (χ0) is 13.8. The fourth-order valence-electron chi connectivity index (χ4n) is 5.27. The van der Waals surface area contributed by atoms with Crippen LogP contribution in [-0.2, 0) is 9.53 Å². The molecule has 3 heteroatoms. The summed E-state index contributed by atoms with van der Waals surface area (Å²) in [5.74, 6) is 0.650. The molecule has 3 nitrogen and oxygen atoms in total. The lowest BCUT2D eigenvalue weighted by molar-refractivity contribution is -0.148. The van der Waals surface area contributed by atoms with Gasteiger partial charge in [-0.25, -0.2) is 0 Å². The zero-order valence-electron chi connectivity index (χ0n) is 12.1. The molecule has 1 unspecified atom stereocenters. The highest BCUT2D eigenvalue weighted by molar-refractivity contribution is 5.80. The Morgan fingerprint density at radius 3 is 2.84 bits per heavy atom. The predicted molar refractivity (Wildman–Crippen MR) is 72.4 cm³/mol. The molecule has 5 atom stereocenters. The Bertz CT molecular complexity index is 441. The summed E-state index contributed by atoms with van der Waals surface area (Å²) < 4.78 is 5.67. The van der Waals surface area contributed by atoms with E-state index in [2.05, 4.69) is 26.8 Å². The first kappa shape index (κ1) is 13.2. The standard InChI is InChI=1S/C16H24O3/c1-10-9-12-13-15(2,11(10)5-8-17)6-4-7-16(13,3)14(18)19-12/h9,11-13,17H,4-8H2,1-3H3/t11-,12?,13+,15+,16-/m0/s1. The van der Waals surface area contributed by atoms with Gasteiger partial charge < -0.3 is 9.84 Å². The second-order valence-corrected chi connectivity index (χ2v) is 7.10.